The zero-order valence-electron chi connectivity index (χ0n) is 12.4. The number of amides is 2. The molecule has 0 aliphatic heterocycles. The van der Waals surface area contributed by atoms with E-state index >= 15 is 0 Å². The molecule has 0 unspecified atom stereocenters. The highest BCUT2D eigenvalue weighted by molar-refractivity contribution is 6.31. The van der Waals surface area contributed by atoms with E-state index in [4.69, 9.17) is 16.3 Å². The number of nitrogens with one attached hydrogen (secondary N) is 2. The highest BCUT2D eigenvalue weighted by Gasteiger charge is 2.12. The molecule has 0 heterocycles. The fourth-order valence-corrected chi connectivity index (χ4v) is 1.96. The van der Waals surface area contributed by atoms with E-state index in [-0.39, 0.29) is 12.3 Å². The molecule has 1 aromatic rings. The van der Waals surface area contributed by atoms with Gasteiger partial charge in [0.1, 0.15) is 12.2 Å². The van der Waals surface area contributed by atoms with E-state index in [1.807, 2.05) is 0 Å². The smallest absolute Gasteiger partial charge is 0.233 e. The molecule has 2 N–H and O–H groups in total. The van der Waals surface area contributed by atoms with E-state index in [0.29, 0.717) is 23.0 Å². The van der Waals surface area contributed by atoms with Gasteiger partial charge in [-0.15, -0.1) is 0 Å². The molecule has 1 aromatic carbocycles. The van der Waals surface area contributed by atoms with Gasteiger partial charge in [-0.25, -0.2) is 0 Å². The van der Waals surface area contributed by atoms with Crippen LogP contribution in [0, 0.1) is 0 Å². The summed E-state index contributed by atoms with van der Waals surface area (Å²) in [5.41, 5.74) is 0.453. The number of anilines is 1. The summed E-state index contributed by atoms with van der Waals surface area (Å²) in [5.74, 6) is -0.190. The normalized spacial score (nSPS) is 10.0. The van der Waals surface area contributed by atoms with Crippen molar-refractivity contribution < 1.29 is 14.3 Å². The van der Waals surface area contributed by atoms with Crippen molar-refractivity contribution in [1.29, 1.82) is 0 Å². The Balaban J connectivity index is 2.46. The Morgan fingerprint density at radius 3 is 2.67 bits per heavy atom. The van der Waals surface area contributed by atoms with Crippen molar-refractivity contribution in [2.24, 2.45) is 0 Å². The first kappa shape index (κ1) is 17.3. The van der Waals surface area contributed by atoms with E-state index in [1.165, 1.54) is 7.11 Å². The molecule has 0 fully saturated rings. The molecule has 0 radical (unpaired) electrons. The predicted octanol–water partition coefficient (Wildman–Crippen LogP) is 2.98. The summed E-state index contributed by atoms with van der Waals surface area (Å²) < 4.78 is 5.12. The first-order valence-electron chi connectivity index (χ1n) is 6.97. The monoisotopic (exact) mass is 312 g/mol. The SMILES string of the molecule is CCCCCNC(=O)CC(=O)Nc1cc(Cl)ccc1OC. The molecular weight excluding hydrogens is 292 g/mol. The van der Waals surface area contributed by atoms with E-state index in [2.05, 4.69) is 17.6 Å². The van der Waals surface area contributed by atoms with Crippen LogP contribution in [0.2, 0.25) is 5.02 Å². The summed E-state index contributed by atoms with van der Waals surface area (Å²) in [6.45, 7) is 2.69. The van der Waals surface area contributed by atoms with Crippen LogP contribution in [0.15, 0.2) is 18.2 Å². The van der Waals surface area contributed by atoms with E-state index < -0.39 is 5.91 Å². The Hall–Kier alpha value is -1.75. The third-order valence-electron chi connectivity index (χ3n) is 2.86. The van der Waals surface area contributed by atoms with Crippen molar-refractivity contribution in [1.82, 2.24) is 5.32 Å². The second-order valence-electron chi connectivity index (χ2n) is 4.63. The molecule has 0 aliphatic carbocycles. The van der Waals surface area contributed by atoms with Crippen LogP contribution < -0.4 is 15.4 Å². The van der Waals surface area contributed by atoms with Crippen LogP contribution in [0.5, 0.6) is 5.75 Å². The molecule has 0 saturated carbocycles. The largest absolute Gasteiger partial charge is 0.495 e. The van der Waals surface area contributed by atoms with Crippen molar-refractivity contribution >= 4 is 29.1 Å². The number of ether oxygens (including phenoxy) is 1. The van der Waals surface area contributed by atoms with Gasteiger partial charge in [0.25, 0.3) is 0 Å². The topological polar surface area (TPSA) is 67.4 Å². The zero-order valence-corrected chi connectivity index (χ0v) is 13.1. The first-order chi connectivity index (χ1) is 10.1. The number of halogens is 1. The summed E-state index contributed by atoms with van der Waals surface area (Å²) in [4.78, 5) is 23.4. The minimum absolute atomic E-state index is 0.220. The quantitative estimate of drug-likeness (QED) is 0.573. The van der Waals surface area contributed by atoms with Gasteiger partial charge < -0.3 is 15.4 Å². The lowest BCUT2D eigenvalue weighted by atomic mass is 10.2. The van der Waals surface area contributed by atoms with Gasteiger partial charge in [-0.3, -0.25) is 9.59 Å². The van der Waals surface area contributed by atoms with Crippen molar-refractivity contribution in [2.45, 2.75) is 32.6 Å². The van der Waals surface area contributed by atoms with Crippen molar-refractivity contribution in [3.8, 4) is 5.75 Å². The van der Waals surface area contributed by atoms with E-state index in [9.17, 15) is 9.59 Å². The van der Waals surface area contributed by atoms with Gasteiger partial charge in [0.15, 0.2) is 0 Å². The third-order valence-corrected chi connectivity index (χ3v) is 3.09. The molecule has 0 aliphatic rings. The standard InChI is InChI=1S/C15H21ClN2O3/c1-3-4-5-8-17-14(19)10-15(20)18-12-9-11(16)6-7-13(12)21-2/h6-7,9H,3-5,8,10H2,1-2H3,(H,17,19)(H,18,20). The minimum atomic E-state index is -0.399. The summed E-state index contributed by atoms with van der Waals surface area (Å²) in [7, 11) is 1.50. The van der Waals surface area contributed by atoms with Crippen LogP contribution >= 0.6 is 11.6 Å². The lowest BCUT2D eigenvalue weighted by Gasteiger charge is -2.10. The Kier molecular flexibility index (Phi) is 7.61. The number of hydrogen-bond donors (Lipinski definition) is 2. The van der Waals surface area contributed by atoms with Crippen molar-refractivity contribution in [2.75, 3.05) is 19.0 Å². The van der Waals surface area contributed by atoms with Gasteiger partial charge in [0.05, 0.1) is 12.8 Å². The molecule has 5 nitrogen and oxygen atoms in total. The number of hydrogen-bond acceptors (Lipinski definition) is 3. The average Bonchev–Trinajstić information content (AvgIpc) is 2.43. The molecule has 116 valence electrons. The zero-order chi connectivity index (χ0) is 15.7. The van der Waals surface area contributed by atoms with Gasteiger partial charge in [0, 0.05) is 11.6 Å². The summed E-state index contributed by atoms with van der Waals surface area (Å²) in [6, 6.07) is 4.90. The lowest BCUT2D eigenvalue weighted by molar-refractivity contribution is -0.126. The molecule has 0 spiro atoms. The second kappa shape index (κ2) is 9.23. The van der Waals surface area contributed by atoms with Crippen molar-refractivity contribution in [3.05, 3.63) is 23.2 Å². The fourth-order valence-electron chi connectivity index (χ4n) is 1.78. The maximum Gasteiger partial charge on any atom is 0.233 e. The number of rotatable bonds is 8. The molecule has 1 rings (SSSR count). The molecule has 21 heavy (non-hydrogen) atoms. The van der Waals surface area contributed by atoms with Gasteiger partial charge >= 0.3 is 0 Å². The van der Waals surface area contributed by atoms with Crippen molar-refractivity contribution in [3.63, 3.8) is 0 Å². The van der Waals surface area contributed by atoms with E-state index in [1.54, 1.807) is 18.2 Å². The fraction of sp³-hybridized carbons (Fsp3) is 0.467. The highest BCUT2D eigenvalue weighted by Crippen LogP contribution is 2.27. The second-order valence-corrected chi connectivity index (χ2v) is 5.06. The summed E-state index contributed by atoms with van der Waals surface area (Å²) in [5, 5.41) is 5.82. The molecule has 0 saturated heterocycles. The van der Waals surface area contributed by atoms with Gasteiger partial charge in [-0.1, -0.05) is 31.4 Å². The van der Waals surface area contributed by atoms with E-state index in [0.717, 1.165) is 19.3 Å². The minimum Gasteiger partial charge on any atom is -0.495 e. The van der Waals surface area contributed by atoms with Gasteiger partial charge in [-0.05, 0) is 24.6 Å². The van der Waals surface area contributed by atoms with Gasteiger partial charge in [-0.2, -0.15) is 0 Å². The Bertz CT molecular complexity index is 492. The number of unbranched alkanes of at least 4 members (excludes halogenated alkanes) is 2. The van der Waals surface area contributed by atoms with Crippen LogP contribution in [0.3, 0.4) is 0 Å². The van der Waals surface area contributed by atoms with Crippen LogP contribution in [0.4, 0.5) is 5.69 Å². The first-order valence-corrected chi connectivity index (χ1v) is 7.34. The van der Waals surface area contributed by atoms with Crippen LogP contribution in [-0.2, 0) is 9.59 Å². The maximum atomic E-state index is 11.8. The van der Waals surface area contributed by atoms with Crippen LogP contribution in [0.25, 0.3) is 0 Å². The molecule has 0 bridgehead atoms. The molecule has 0 atom stereocenters. The molecule has 0 aromatic heterocycles. The highest BCUT2D eigenvalue weighted by atomic mass is 35.5. The van der Waals surface area contributed by atoms with Crippen LogP contribution in [-0.4, -0.2) is 25.5 Å². The lowest BCUT2D eigenvalue weighted by Crippen LogP contribution is -2.28. The Labute approximate surface area is 130 Å². The number of carbonyl (C=O) groups is 2. The Morgan fingerprint density at radius 2 is 2.00 bits per heavy atom. The molecule has 2 amide bonds. The maximum absolute atomic E-state index is 11.8. The van der Waals surface area contributed by atoms with Crippen LogP contribution in [0.1, 0.15) is 32.6 Å². The third kappa shape index (κ3) is 6.49. The summed E-state index contributed by atoms with van der Waals surface area (Å²) in [6.07, 6.45) is 2.85. The molecular formula is C15H21ClN2O3. The number of benzene rings is 1. The Morgan fingerprint density at radius 1 is 1.24 bits per heavy atom. The number of carbonyl (C=O) groups excluding carboxylic acids is 2. The van der Waals surface area contributed by atoms with Gasteiger partial charge in [0.2, 0.25) is 11.8 Å². The predicted molar refractivity (Wildman–Crippen MR) is 83.8 cm³/mol. The summed E-state index contributed by atoms with van der Waals surface area (Å²) >= 11 is 5.88. The molecule has 6 heteroatoms. The number of methoxy groups -OCH3 is 1. The average molecular weight is 313 g/mol.